The van der Waals surface area contributed by atoms with Crippen LogP contribution in [0.15, 0.2) is 72.2 Å². The summed E-state index contributed by atoms with van der Waals surface area (Å²) in [6.45, 7) is 1.86. The van der Waals surface area contributed by atoms with E-state index in [-0.39, 0.29) is 5.91 Å². The monoisotopic (exact) mass is 361 g/mol. The fourth-order valence-electron chi connectivity index (χ4n) is 3.28. The fourth-order valence-corrected chi connectivity index (χ4v) is 3.28. The molecular weight excluding hydrogens is 342 g/mol. The summed E-state index contributed by atoms with van der Waals surface area (Å²) in [5.74, 6) is 1.06. The lowest BCUT2D eigenvalue weighted by molar-refractivity contribution is -0.113. The maximum atomic E-state index is 13.2. The quantitative estimate of drug-likeness (QED) is 0.746. The Morgan fingerprint density at radius 1 is 1.15 bits per heavy atom. The average Bonchev–Trinajstić information content (AvgIpc) is 3.15. The van der Waals surface area contributed by atoms with Gasteiger partial charge >= 0.3 is 0 Å². The van der Waals surface area contributed by atoms with E-state index in [1.54, 1.807) is 11.8 Å². The molecule has 1 aliphatic rings. The van der Waals surface area contributed by atoms with Crippen LogP contribution in [0.4, 0.5) is 11.6 Å². The molecule has 0 unspecified atom stereocenters. The van der Waals surface area contributed by atoms with Gasteiger partial charge in [0.05, 0.1) is 12.7 Å². The molecule has 2 heterocycles. The summed E-state index contributed by atoms with van der Waals surface area (Å²) in [4.78, 5) is 17.4. The molecule has 0 saturated carbocycles. The molecule has 0 fully saturated rings. The largest absolute Gasteiger partial charge is 0.496 e. The van der Waals surface area contributed by atoms with Crippen molar-refractivity contribution in [1.82, 2.24) is 14.8 Å². The molecule has 3 aromatic rings. The first-order valence-corrected chi connectivity index (χ1v) is 8.55. The first kappa shape index (κ1) is 16.8. The number of aromatic nitrogens is 3. The number of rotatable bonds is 4. The molecule has 2 N–H and O–H groups in total. The SMILES string of the molecule is COc1ccccc1[C@H]1C(C(=O)Nc2ccccc2)=C(C)Nc2ncnn21. The van der Waals surface area contributed by atoms with Gasteiger partial charge in [0.25, 0.3) is 5.91 Å². The van der Waals surface area contributed by atoms with Crippen LogP contribution in [-0.2, 0) is 4.79 Å². The van der Waals surface area contributed by atoms with Crippen LogP contribution in [0.25, 0.3) is 0 Å². The second-order valence-corrected chi connectivity index (χ2v) is 6.16. The van der Waals surface area contributed by atoms with Crippen LogP contribution in [0, 0.1) is 0 Å². The molecule has 0 aliphatic carbocycles. The van der Waals surface area contributed by atoms with Crippen molar-refractivity contribution in [3.63, 3.8) is 0 Å². The minimum atomic E-state index is -0.455. The molecular formula is C20H19N5O2. The lowest BCUT2D eigenvalue weighted by Gasteiger charge is -2.29. The molecule has 136 valence electrons. The van der Waals surface area contributed by atoms with Crippen LogP contribution in [0.1, 0.15) is 18.5 Å². The molecule has 7 nitrogen and oxygen atoms in total. The number of amides is 1. The molecule has 4 rings (SSSR count). The van der Waals surface area contributed by atoms with Crippen LogP contribution in [0.3, 0.4) is 0 Å². The van der Waals surface area contributed by atoms with Gasteiger partial charge in [-0.15, -0.1) is 0 Å². The first-order valence-electron chi connectivity index (χ1n) is 8.55. The maximum absolute atomic E-state index is 13.2. The second-order valence-electron chi connectivity index (χ2n) is 6.16. The van der Waals surface area contributed by atoms with E-state index in [4.69, 9.17) is 4.74 Å². The van der Waals surface area contributed by atoms with Gasteiger partial charge in [-0.25, -0.2) is 4.68 Å². The van der Waals surface area contributed by atoms with Crippen molar-refractivity contribution >= 4 is 17.5 Å². The summed E-state index contributed by atoms with van der Waals surface area (Å²) < 4.78 is 7.23. The Balaban J connectivity index is 1.81. The Kier molecular flexibility index (Phi) is 4.33. The summed E-state index contributed by atoms with van der Waals surface area (Å²) in [6.07, 6.45) is 1.47. The van der Waals surface area contributed by atoms with Crippen LogP contribution in [0.5, 0.6) is 5.75 Å². The van der Waals surface area contributed by atoms with Crippen LogP contribution in [-0.4, -0.2) is 27.8 Å². The maximum Gasteiger partial charge on any atom is 0.255 e. The summed E-state index contributed by atoms with van der Waals surface area (Å²) in [7, 11) is 1.61. The number of ether oxygens (including phenoxy) is 1. The predicted octanol–water partition coefficient (Wildman–Crippen LogP) is 3.21. The number of hydrogen-bond acceptors (Lipinski definition) is 5. The van der Waals surface area contributed by atoms with Gasteiger partial charge in [-0.2, -0.15) is 10.1 Å². The molecule has 0 bridgehead atoms. The van der Waals surface area contributed by atoms with Crippen molar-refractivity contribution in [2.45, 2.75) is 13.0 Å². The minimum absolute atomic E-state index is 0.205. The number of nitrogens with zero attached hydrogens (tertiary/aromatic N) is 3. The first-order chi connectivity index (χ1) is 13.2. The van der Waals surface area contributed by atoms with Gasteiger partial charge in [0.1, 0.15) is 18.1 Å². The summed E-state index contributed by atoms with van der Waals surface area (Å²) in [5.41, 5.74) is 2.85. The number of anilines is 2. The van der Waals surface area contributed by atoms with Gasteiger partial charge in [-0.1, -0.05) is 36.4 Å². The molecule has 7 heteroatoms. The Morgan fingerprint density at radius 2 is 1.89 bits per heavy atom. The Labute approximate surface area is 156 Å². The zero-order valence-corrected chi connectivity index (χ0v) is 15.0. The van der Waals surface area contributed by atoms with E-state index in [0.717, 1.165) is 16.9 Å². The lowest BCUT2D eigenvalue weighted by Crippen LogP contribution is -2.31. The van der Waals surface area contributed by atoms with Gasteiger partial charge in [0.15, 0.2) is 0 Å². The van der Waals surface area contributed by atoms with E-state index in [9.17, 15) is 4.79 Å². The zero-order valence-electron chi connectivity index (χ0n) is 15.0. The van der Waals surface area contributed by atoms with Crippen molar-refractivity contribution in [1.29, 1.82) is 0 Å². The Morgan fingerprint density at radius 3 is 2.67 bits per heavy atom. The smallest absolute Gasteiger partial charge is 0.255 e. The third-order valence-electron chi connectivity index (χ3n) is 4.50. The van der Waals surface area contributed by atoms with Gasteiger partial charge < -0.3 is 15.4 Å². The number of nitrogens with one attached hydrogen (secondary N) is 2. The van der Waals surface area contributed by atoms with Crippen molar-refractivity contribution in [3.8, 4) is 5.75 Å². The van der Waals surface area contributed by atoms with Crippen molar-refractivity contribution < 1.29 is 9.53 Å². The number of methoxy groups -OCH3 is 1. The van der Waals surface area contributed by atoms with Crippen molar-refractivity contribution in [2.75, 3.05) is 17.7 Å². The highest BCUT2D eigenvalue weighted by Gasteiger charge is 2.34. The summed E-state index contributed by atoms with van der Waals surface area (Å²) >= 11 is 0. The average molecular weight is 361 g/mol. The highest BCUT2D eigenvalue weighted by atomic mass is 16.5. The van der Waals surface area contributed by atoms with Crippen LogP contribution in [0.2, 0.25) is 0 Å². The lowest BCUT2D eigenvalue weighted by atomic mass is 9.94. The van der Waals surface area contributed by atoms with Gasteiger partial charge in [0, 0.05) is 16.9 Å². The van der Waals surface area contributed by atoms with Crippen LogP contribution < -0.4 is 15.4 Å². The van der Waals surface area contributed by atoms with Crippen LogP contribution >= 0.6 is 0 Å². The number of hydrogen-bond donors (Lipinski definition) is 2. The number of fused-ring (bicyclic) bond motifs is 1. The van der Waals surface area contributed by atoms with Crippen molar-refractivity contribution in [3.05, 3.63) is 77.8 Å². The number of carbonyl (C=O) groups excluding carboxylic acids is 1. The summed E-state index contributed by atoms with van der Waals surface area (Å²) in [6, 6.07) is 16.5. The van der Waals surface area contributed by atoms with Gasteiger partial charge in [-0.05, 0) is 25.1 Å². The van der Waals surface area contributed by atoms with E-state index in [1.807, 2.05) is 61.5 Å². The third-order valence-corrected chi connectivity index (χ3v) is 4.50. The van der Waals surface area contributed by atoms with Gasteiger partial charge in [-0.3, -0.25) is 4.79 Å². The normalized spacial score (nSPS) is 15.7. The Bertz CT molecular complexity index is 1010. The fraction of sp³-hybridized carbons (Fsp3) is 0.150. The van der Waals surface area contributed by atoms with Gasteiger partial charge in [0.2, 0.25) is 5.95 Å². The van der Waals surface area contributed by atoms with E-state index in [1.165, 1.54) is 6.33 Å². The molecule has 1 aliphatic heterocycles. The number of allylic oxidation sites excluding steroid dienone is 1. The molecule has 1 atom stereocenters. The predicted molar refractivity (Wildman–Crippen MR) is 103 cm³/mol. The summed E-state index contributed by atoms with van der Waals surface area (Å²) in [5, 5.41) is 10.5. The molecule has 2 aromatic carbocycles. The Hall–Kier alpha value is -3.61. The molecule has 0 radical (unpaired) electrons. The van der Waals surface area contributed by atoms with E-state index < -0.39 is 6.04 Å². The topological polar surface area (TPSA) is 81.1 Å². The number of para-hydroxylation sites is 2. The molecule has 1 amide bonds. The highest BCUT2D eigenvalue weighted by molar-refractivity contribution is 6.06. The third kappa shape index (κ3) is 3.03. The minimum Gasteiger partial charge on any atom is -0.496 e. The molecule has 27 heavy (non-hydrogen) atoms. The standard InChI is InChI=1S/C20H19N5O2/c1-13-17(19(26)24-14-8-4-3-5-9-14)18(25-20(23-13)21-12-22-25)15-10-6-7-11-16(15)27-2/h3-12,18H,1-2H3,(H,24,26)(H,21,22,23)/t18-/m0/s1. The van der Waals surface area contributed by atoms with E-state index >= 15 is 0 Å². The zero-order chi connectivity index (χ0) is 18.8. The molecule has 0 spiro atoms. The van der Waals surface area contributed by atoms with E-state index in [2.05, 4.69) is 20.7 Å². The molecule has 0 saturated heterocycles. The van der Waals surface area contributed by atoms with Crippen molar-refractivity contribution in [2.24, 2.45) is 0 Å². The molecule has 1 aromatic heterocycles. The number of carbonyl (C=O) groups is 1. The number of benzene rings is 2. The second kappa shape index (κ2) is 6.95. The van der Waals surface area contributed by atoms with E-state index in [0.29, 0.717) is 17.3 Å². The highest BCUT2D eigenvalue weighted by Crippen LogP contribution is 2.38.